The van der Waals surface area contributed by atoms with Crippen molar-refractivity contribution in [2.45, 2.75) is 18.9 Å². The predicted octanol–water partition coefficient (Wildman–Crippen LogP) is 4.40. The van der Waals surface area contributed by atoms with E-state index in [0.29, 0.717) is 17.1 Å². The molecule has 1 amide bonds. The molecule has 2 aromatic heterocycles. The fourth-order valence-electron chi connectivity index (χ4n) is 4.26. The molecule has 5 rings (SSSR count). The van der Waals surface area contributed by atoms with Gasteiger partial charge in [0.2, 0.25) is 0 Å². The molecule has 0 spiro atoms. The van der Waals surface area contributed by atoms with Crippen LogP contribution in [0.15, 0.2) is 60.9 Å². The zero-order chi connectivity index (χ0) is 20.0. The number of aromatic nitrogens is 2. The number of aliphatic hydroxyl groups excluding tert-OH is 1. The molecule has 29 heavy (non-hydrogen) atoms. The summed E-state index contributed by atoms with van der Waals surface area (Å²) in [7, 11) is 0. The molecule has 1 fully saturated rings. The van der Waals surface area contributed by atoms with Crippen molar-refractivity contribution in [3.05, 3.63) is 71.5 Å². The van der Waals surface area contributed by atoms with Crippen LogP contribution in [0.25, 0.3) is 27.7 Å². The summed E-state index contributed by atoms with van der Waals surface area (Å²) < 4.78 is 1.98. The number of carbonyl (C=O) groups excluding carboxylic acids is 1. The molecule has 3 heterocycles. The molecule has 1 N–H and O–H groups in total. The number of amides is 1. The Labute approximate surface area is 173 Å². The Morgan fingerprint density at radius 3 is 2.66 bits per heavy atom. The molecule has 0 bridgehead atoms. The van der Waals surface area contributed by atoms with Gasteiger partial charge in [0.15, 0.2) is 0 Å². The Morgan fingerprint density at radius 2 is 1.90 bits per heavy atom. The highest BCUT2D eigenvalue weighted by molar-refractivity contribution is 6.30. The fourth-order valence-corrected chi connectivity index (χ4v) is 4.39. The molecule has 0 unspecified atom stereocenters. The topological polar surface area (TPSA) is 57.8 Å². The van der Waals surface area contributed by atoms with Gasteiger partial charge in [-0.05, 0) is 42.5 Å². The van der Waals surface area contributed by atoms with Crippen LogP contribution in [-0.2, 0) is 0 Å². The van der Waals surface area contributed by atoms with Gasteiger partial charge >= 0.3 is 0 Å². The van der Waals surface area contributed by atoms with Crippen LogP contribution in [0.5, 0.6) is 0 Å². The third kappa shape index (κ3) is 2.98. The number of aliphatic hydroxyl groups is 1. The molecule has 1 aliphatic heterocycles. The number of carbonyl (C=O) groups is 1. The second-order valence-corrected chi connectivity index (χ2v) is 7.85. The first-order valence-electron chi connectivity index (χ1n) is 9.74. The lowest BCUT2D eigenvalue weighted by molar-refractivity contribution is 0.0679. The van der Waals surface area contributed by atoms with E-state index in [1.807, 2.05) is 65.3 Å². The third-order valence-corrected chi connectivity index (χ3v) is 5.98. The quantitative estimate of drug-likeness (QED) is 0.549. The summed E-state index contributed by atoms with van der Waals surface area (Å²) in [5.74, 6) is 0.715. The van der Waals surface area contributed by atoms with Gasteiger partial charge in [0.25, 0.3) is 5.91 Å². The molecule has 2 aromatic carbocycles. The van der Waals surface area contributed by atoms with Crippen molar-refractivity contribution < 1.29 is 9.90 Å². The number of hydrogen-bond donors (Lipinski definition) is 1. The summed E-state index contributed by atoms with van der Waals surface area (Å²) in [6, 6.07) is 15.3. The van der Waals surface area contributed by atoms with E-state index in [0.717, 1.165) is 40.5 Å². The minimum atomic E-state index is -0.115. The van der Waals surface area contributed by atoms with Gasteiger partial charge < -0.3 is 10.0 Å². The summed E-state index contributed by atoms with van der Waals surface area (Å²) in [6.07, 6.45) is 5.47. The average molecular weight is 406 g/mol. The molecule has 0 radical (unpaired) electrons. The van der Waals surface area contributed by atoms with Gasteiger partial charge in [-0.25, -0.2) is 4.98 Å². The number of nitrogens with zero attached hydrogens (tertiary/aromatic N) is 3. The average Bonchev–Trinajstić information content (AvgIpc) is 3.40. The Bertz CT molecular complexity index is 1220. The van der Waals surface area contributed by atoms with Gasteiger partial charge in [-0.1, -0.05) is 35.9 Å². The zero-order valence-corrected chi connectivity index (χ0v) is 16.5. The number of pyridine rings is 1. The monoisotopic (exact) mass is 405 g/mol. The highest BCUT2D eigenvalue weighted by Gasteiger charge is 2.30. The molecule has 146 valence electrons. The molecule has 1 atom stereocenters. The summed E-state index contributed by atoms with van der Waals surface area (Å²) in [5, 5.41) is 12.2. The number of hydrogen-bond acceptors (Lipinski definition) is 3. The number of imidazole rings is 1. The van der Waals surface area contributed by atoms with E-state index in [9.17, 15) is 9.90 Å². The van der Waals surface area contributed by atoms with E-state index in [1.165, 1.54) is 0 Å². The predicted molar refractivity (Wildman–Crippen MR) is 114 cm³/mol. The van der Waals surface area contributed by atoms with Crippen LogP contribution >= 0.6 is 11.6 Å². The zero-order valence-electron chi connectivity index (χ0n) is 15.8. The number of rotatable bonds is 3. The van der Waals surface area contributed by atoms with E-state index in [4.69, 9.17) is 11.6 Å². The van der Waals surface area contributed by atoms with E-state index < -0.39 is 0 Å². The smallest absolute Gasteiger partial charge is 0.256 e. The molecule has 1 aliphatic rings. The first-order chi connectivity index (χ1) is 14.2. The number of likely N-dealkylation sites (tertiary alicyclic amines) is 1. The highest BCUT2D eigenvalue weighted by Crippen LogP contribution is 2.30. The lowest BCUT2D eigenvalue weighted by atomic mass is 10.0. The Kier molecular flexibility index (Phi) is 4.49. The maximum absolute atomic E-state index is 13.5. The Hall–Kier alpha value is -2.89. The van der Waals surface area contributed by atoms with Gasteiger partial charge in [-0.2, -0.15) is 0 Å². The number of fused-ring (bicyclic) bond motifs is 3. The van der Waals surface area contributed by atoms with Crippen LogP contribution in [0.2, 0.25) is 5.02 Å². The SMILES string of the molecule is O=C(c1cn2c(-c3ccc(Cl)cc3)ncc2c2ccccc12)N1CCC[C@@H]1CO. The minimum Gasteiger partial charge on any atom is -0.394 e. The highest BCUT2D eigenvalue weighted by atomic mass is 35.5. The van der Waals surface area contributed by atoms with Gasteiger partial charge in [0, 0.05) is 28.7 Å². The van der Waals surface area contributed by atoms with Crippen LogP contribution < -0.4 is 0 Å². The maximum Gasteiger partial charge on any atom is 0.256 e. The fraction of sp³-hybridized carbons (Fsp3) is 0.217. The van der Waals surface area contributed by atoms with Crippen LogP contribution in [-0.4, -0.2) is 44.5 Å². The first-order valence-corrected chi connectivity index (χ1v) is 10.1. The lowest BCUT2D eigenvalue weighted by Crippen LogP contribution is -2.37. The molecular weight excluding hydrogens is 386 g/mol. The largest absolute Gasteiger partial charge is 0.394 e. The van der Waals surface area contributed by atoms with Crippen LogP contribution in [0.3, 0.4) is 0 Å². The van der Waals surface area contributed by atoms with Gasteiger partial charge in [0.1, 0.15) is 5.82 Å². The van der Waals surface area contributed by atoms with Crippen LogP contribution in [0, 0.1) is 0 Å². The van der Waals surface area contributed by atoms with E-state index in [-0.39, 0.29) is 18.6 Å². The molecular formula is C23H20ClN3O2. The van der Waals surface area contributed by atoms with E-state index in [2.05, 4.69) is 4.98 Å². The molecule has 4 aromatic rings. The number of benzene rings is 2. The van der Waals surface area contributed by atoms with Crippen molar-refractivity contribution in [1.29, 1.82) is 0 Å². The maximum atomic E-state index is 13.5. The first kappa shape index (κ1) is 18.2. The summed E-state index contributed by atoms with van der Waals surface area (Å²) >= 11 is 6.04. The standard InChI is InChI=1S/C23H20ClN3O2/c24-16-9-7-15(8-10-16)22-25-12-21-19-6-2-1-5-18(19)20(13-27(21)22)23(29)26-11-3-4-17(26)14-28/h1-2,5-10,12-13,17,28H,3-4,11,14H2/t17-/m1/s1. The third-order valence-electron chi connectivity index (χ3n) is 5.73. The molecule has 0 saturated carbocycles. The van der Waals surface area contributed by atoms with Crippen LogP contribution in [0.4, 0.5) is 0 Å². The van der Waals surface area contributed by atoms with Crippen molar-refractivity contribution in [2.75, 3.05) is 13.2 Å². The second-order valence-electron chi connectivity index (χ2n) is 7.41. The molecule has 1 saturated heterocycles. The van der Waals surface area contributed by atoms with Crippen molar-refractivity contribution in [3.8, 4) is 11.4 Å². The van der Waals surface area contributed by atoms with E-state index in [1.54, 1.807) is 4.90 Å². The minimum absolute atomic E-state index is 0.00693. The van der Waals surface area contributed by atoms with Crippen molar-refractivity contribution in [2.24, 2.45) is 0 Å². The van der Waals surface area contributed by atoms with Gasteiger partial charge in [0.05, 0.1) is 29.9 Å². The van der Waals surface area contributed by atoms with Gasteiger partial charge in [-0.3, -0.25) is 9.20 Å². The molecule has 6 heteroatoms. The Morgan fingerprint density at radius 1 is 1.14 bits per heavy atom. The van der Waals surface area contributed by atoms with Gasteiger partial charge in [-0.15, -0.1) is 0 Å². The van der Waals surface area contributed by atoms with Crippen LogP contribution in [0.1, 0.15) is 23.2 Å². The lowest BCUT2D eigenvalue weighted by Gasteiger charge is -2.24. The van der Waals surface area contributed by atoms with E-state index >= 15 is 0 Å². The second kappa shape index (κ2) is 7.17. The normalized spacial score (nSPS) is 16.8. The summed E-state index contributed by atoms with van der Waals surface area (Å²) in [6.45, 7) is 0.664. The Balaban J connectivity index is 1.73. The number of halogens is 1. The summed E-state index contributed by atoms with van der Waals surface area (Å²) in [5.41, 5.74) is 2.50. The molecule has 0 aliphatic carbocycles. The summed E-state index contributed by atoms with van der Waals surface area (Å²) in [4.78, 5) is 19.9. The van der Waals surface area contributed by atoms with Crippen molar-refractivity contribution >= 4 is 33.8 Å². The van der Waals surface area contributed by atoms with Crippen molar-refractivity contribution in [3.63, 3.8) is 0 Å². The van der Waals surface area contributed by atoms with Crippen molar-refractivity contribution in [1.82, 2.24) is 14.3 Å². The molecule has 5 nitrogen and oxygen atoms in total.